The van der Waals surface area contributed by atoms with Crippen LogP contribution >= 0.6 is 12.6 Å². The molecule has 0 unspecified atom stereocenters. The predicted octanol–water partition coefficient (Wildman–Crippen LogP) is 1.28. The van der Waals surface area contributed by atoms with Crippen LogP contribution in [-0.2, 0) is 10.0 Å². The van der Waals surface area contributed by atoms with Crippen LogP contribution in [-0.4, -0.2) is 14.2 Å². The number of hydrogen-bond acceptors (Lipinski definition) is 3. The normalized spacial score (nSPS) is 12.1. The molecule has 0 bridgehead atoms. The molecule has 0 aliphatic heterocycles. The molecule has 0 radical (unpaired) electrons. The monoisotopic (exact) mass is 229 g/mol. The zero-order valence-corrected chi connectivity index (χ0v) is 9.13. The number of primary sulfonamides is 1. The first-order valence-corrected chi connectivity index (χ1v) is 6.12. The summed E-state index contributed by atoms with van der Waals surface area (Å²) < 4.78 is 22.0. The third kappa shape index (κ3) is 3.17. The number of thiol groups is 1. The van der Waals surface area contributed by atoms with Crippen molar-refractivity contribution in [3.05, 3.63) is 35.9 Å². The lowest BCUT2D eigenvalue weighted by molar-refractivity contribution is 0.598. The van der Waals surface area contributed by atoms with Crippen LogP contribution in [0.5, 0.6) is 0 Å². The van der Waals surface area contributed by atoms with E-state index in [0.717, 1.165) is 5.56 Å². The van der Waals surface area contributed by atoms with Crippen molar-refractivity contribution in [2.45, 2.75) is 4.90 Å². The molecule has 0 saturated heterocycles. The van der Waals surface area contributed by atoms with Crippen molar-refractivity contribution in [3.63, 3.8) is 0 Å². The number of benzene rings is 1. The van der Waals surface area contributed by atoms with Gasteiger partial charge in [0.05, 0.1) is 4.90 Å². The number of rotatable bonds is 3. The second-order valence-electron chi connectivity index (χ2n) is 2.70. The zero-order valence-electron chi connectivity index (χ0n) is 7.42. The van der Waals surface area contributed by atoms with E-state index in [2.05, 4.69) is 12.6 Å². The molecule has 0 atom stereocenters. The summed E-state index contributed by atoms with van der Waals surface area (Å²) in [7, 11) is -3.60. The molecule has 1 rings (SSSR count). The molecule has 1 aromatic carbocycles. The number of hydrogen-bond donors (Lipinski definition) is 2. The SMILES string of the molecule is NS(=O)(=O)c1cccc(C=CCS)c1. The molecule has 0 aliphatic carbocycles. The quantitative estimate of drug-likeness (QED) is 0.767. The summed E-state index contributed by atoms with van der Waals surface area (Å²) in [5.74, 6) is 0.611. The molecular formula is C9H11NO2S2. The molecule has 3 nitrogen and oxygen atoms in total. The minimum Gasteiger partial charge on any atom is -0.225 e. The fourth-order valence-electron chi connectivity index (χ4n) is 0.984. The molecule has 0 aliphatic rings. The Hall–Kier alpha value is -0.780. The van der Waals surface area contributed by atoms with Crippen LogP contribution in [0.25, 0.3) is 6.08 Å². The van der Waals surface area contributed by atoms with Crippen LogP contribution in [0.4, 0.5) is 0 Å². The molecular weight excluding hydrogens is 218 g/mol. The van der Waals surface area contributed by atoms with Crippen LogP contribution in [0.3, 0.4) is 0 Å². The highest BCUT2D eigenvalue weighted by Gasteiger charge is 2.06. The van der Waals surface area contributed by atoms with E-state index in [1.54, 1.807) is 18.2 Å². The van der Waals surface area contributed by atoms with E-state index in [4.69, 9.17) is 5.14 Å². The lowest BCUT2D eigenvalue weighted by Crippen LogP contribution is -2.11. The van der Waals surface area contributed by atoms with Crippen LogP contribution in [0.2, 0.25) is 0 Å². The lowest BCUT2D eigenvalue weighted by atomic mass is 10.2. The fourth-order valence-corrected chi connectivity index (χ4v) is 1.66. The predicted molar refractivity (Wildman–Crippen MR) is 60.7 cm³/mol. The summed E-state index contributed by atoms with van der Waals surface area (Å²) in [5.41, 5.74) is 0.797. The van der Waals surface area contributed by atoms with Gasteiger partial charge in [-0.2, -0.15) is 12.6 Å². The summed E-state index contributed by atoms with van der Waals surface area (Å²) >= 11 is 4.00. The Balaban J connectivity index is 3.08. The van der Waals surface area contributed by atoms with Gasteiger partial charge >= 0.3 is 0 Å². The minimum atomic E-state index is -3.60. The van der Waals surface area contributed by atoms with E-state index in [-0.39, 0.29) is 4.90 Å². The summed E-state index contributed by atoms with van der Waals surface area (Å²) in [5, 5.41) is 4.99. The maximum Gasteiger partial charge on any atom is 0.238 e. The highest BCUT2D eigenvalue weighted by atomic mass is 32.2. The van der Waals surface area contributed by atoms with Gasteiger partial charge in [-0.3, -0.25) is 0 Å². The van der Waals surface area contributed by atoms with E-state index < -0.39 is 10.0 Å². The minimum absolute atomic E-state index is 0.124. The summed E-state index contributed by atoms with van der Waals surface area (Å²) in [6.07, 6.45) is 3.62. The van der Waals surface area contributed by atoms with Gasteiger partial charge in [0.1, 0.15) is 0 Å². The molecule has 0 spiro atoms. The van der Waals surface area contributed by atoms with Gasteiger partial charge in [-0.25, -0.2) is 13.6 Å². The van der Waals surface area contributed by atoms with Gasteiger partial charge in [0.15, 0.2) is 0 Å². The second-order valence-corrected chi connectivity index (χ2v) is 4.63. The van der Waals surface area contributed by atoms with Gasteiger partial charge in [-0.05, 0) is 17.7 Å². The fraction of sp³-hybridized carbons (Fsp3) is 0.111. The Morgan fingerprint density at radius 3 is 2.71 bits per heavy atom. The van der Waals surface area contributed by atoms with Crippen LogP contribution < -0.4 is 5.14 Å². The van der Waals surface area contributed by atoms with Crippen molar-refractivity contribution >= 4 is 28.7 Å². The van der Waals surface area contributed by atoms with Gasteiger partial charge < -0.3 is 0 Å². The Morgan fingerprint density at radius 2 is 2.14 bits per heavy atom. The summed E-state index contributed by atoms with van der Waals surface area (Å²) in [6.45, 7) is 0. The van der Waals surface area contributed by atoms with Crippen LogP contribution in [0.15, 0.2) is 35.2 Å². The standard InChI is InChI=1S/C9H11NO2S2/c10-14(11,12)9-5-1-3-8(7-9)4-2-6-13/h1-5,7,13H,6H2,(H2,10,11,12). The lowest BCUT2D eigenvalue weighted by Gasteiger charge is -1.98. The first-order chi connectivity index (χ1) is 6.54. The molecule has 5 heteroatoms. The van der Waals surface area contributed by atoms with Crippen LogP contribution in [0.1, 0.15) is 5.56 Å². The van der Waals surface area contributed by atoms with Gasteiger partial charge in [-0.1, -0.05) is 24.3 Å². The van der Waals surface area contributed by atoms with Gasteiger partial charge in [0, 0.05) is 5.75 Å². The summed E-state index contributed by atoms with van der Waals surface area (Å²) in [4.78, 5) is 0.124. The third-order valence-electron chi connectivity index (χ3n) is 1.60. The topological polar surface area (TPSA) is 60.2 Å². The van der Waals surface area contributed by atoms with Crippen molar-refractivity contribution in [2.75, 3.05) is 5.75 Å². The molecule has 0 saturated carbocycles. The van der Waals surface area contributed by atoms with Crippen molar-refractivity contribution in [1.29, 1.82) is 0 Å². The first kappa shape index (κ1) is 11.3. The Labute approximate surface area is 89.1 Å². The molecule has 0 amide bonds. The highest BCUT2D eigenvalue weighted by Crippen LogP contribution is 2.10. The number of sulfonamides is 1. The number of nitrogens with two attached hydrogens (primary N) is 1. The van der Waals surface area contributed by atoms with Gasteiger partial charge in [0.2, 0.25) is 10.0 Å². The first-order valence-electron chi connectivity index (χ1n) is 3.94. The molecule has 0 heterocycles. The summed E-state index contributed by atoms with van der Waals surface area (Å²) in [6, 6.07) is 6.44. The van der Waals surface area contributed by atoms with Crippen molar-refractivity contribution in [3.8, 4) is 0 Å². The zero-order chi connectivity index (χ0) is 10.6. The molecule has 14 heavy (non-hydrogen) atoms. The van der Waals surface area contributed by atoms with Crippen molar-refractivity contribution in [1.82, 2.24) is 0 Å². The van der Waals surface area contributed by atoms with E-state index in [1.807, 2.05) is 6.08 Å². The Kier molecular flexibility index (Phi) is 3.74. The Bertz CT molecular complexity index is 438. The van der Waals surface area contributed by atoms with Crippen LogP contribution in [0, 0.1) is 0 Å². The molecule has 76 valence electrons. The second kappa shape index (κ2) is 4.63. The van der Waals surface area contributed by atoms with Crippen molar-refractivity contribution < 1.29 is 8.42 Å². The molecule has 0 fully saturated rings. The smallest absolute Gasteiger partial charge is 0.225 e. The van der Waals surface area contributed by atoms with E-state index in [1.165, 1.54) is 12.1 Å². The highest BCUT2D eigenvalue weighted by molar-refractivity contribution is 7.89. The molecule has 1 aromatic rings. The Morgan fingerprint density at radius 1 is 1.43 bits per heavy atom. The average molecular weight is 229 g/mol. The third-order valence-corrected chi connectivity index (χ3v) is 2.72. The van der Waals surface area contributed by atoms with E-state index in [0.29, 0.717) is 5.75 Å². The average Bonchev–Trinajstić information content (AvgIpc) is 2.14. The maximum absolute atomic E-state index is 11.0. The van der Waals surface area contributed by atoms with E-state index in [9.17, 15) is 8.42 Å². The largest absolute Gasteiger partial charge is 0.238 e. The van der Waals surface area contributed by atoms with Gasteiger partial charge in [-0.15, -0.1) is 0 Å². The van der Waals surface area contributed by atoms with Crippen molar-refractivity contribution in [2.24, 2.45) is 5.14 Å². The van der Waals surface area contributed by atoms with Gasteiger partial charge in [0.25, 0.3) is 0 Å². The molecule has 2 N–H and O–H groups in total. The molecule has 0 aromatic heterocycles. The van der Waals surface area contributed by atoms with E-state index >= 15 is 0 Å². The maximum atomic E-state index is 11.0.